The maximum Gasteiger partial charge on any atom is 0.340 e. The van der Waals surface area contributed by atoms with Gasteiger partial charge in [0.25, 0.3) is 0 Å². The molecule has 2 aromatic carbocycles. The van der Waals surface area contributed by atoms with E-state index >= 15 is 0 Å². The van der Waals surface area contributed by atoms with E-state index in [4.69, 9.17) is 13.6 Å². The minimum absolute atomic E-state index is 0.0294. The summed E-state index contributed by atoms with van der Waals surface area (Å²) in [6.45, 7) is 0.503. The van der Waals surface area contributed by atoms with Crippen molar-refractivity contribution in [1.82, 2.24) is 4.98 Å². The Kier molecular flexibility index (Phi) is 5.20. The topological polar surface area (TPSA) is 77.5 Å². The fourth-order valence-electron chi connectivity index (χ4n) is 2.71. The van der Waals surface area contributed by atoms with Crippen LogP contribution in [0.15, 0.2) is 88.1 Å². The number of oxazole rings is 1. The van der Waals surface area contributed by atoms with Crippen LogP contribution in [0.1, 0.15) is 21.8 Å². The Morgan fingerprint density at radius 1 is 0.964 bits per heavy atom. The van der Waals surface area contributed by atoms with Gasteiger partial charge in [0.1, 0.15) is 24.3 Å². The van der Waals surface area contributed by atoms with Crippen molar-refractivity contribution in [2.75, 3.05) is 5.32 Å². The molecule has 4 rings (SSSR count). The second-order valence-electron chi connectivity index (χ2n) is 6.06. The number of nitrogens with zero attached hydrogens (tertiary/aromatic N) is 1. The van der Waals surface area contributed by atoms with Crippen LogP contribution in [0.3, 0.4) is 0 Å². The maximum atomic E-state index is 12.5. The molecular formula is C22H18N2O4. The van der Waals surface area contributed by atoms with Gasteiger partial charge in [0, 0.05) is 11.3 Å². The number of furan rings is 1. The lowest BCUT2D eigenvalue weighted by Crippen LogP contribution is -2.10. The smallest absolute Gasteiger partial charge is 0.340 e. The van der Waals surface area contributed by atoms with Crippen molar-refractivity contribution < 1.29 is 18.4 Å². The number of aromatic nitrogens is 1. The first-order valence-corrected chi connectivity index (χ1v) is 8.82. The summed E-state index contributed by atoms with van der Waals surface area (Å²) in [5.41, 5.74) is 2.54. The van der Waals surface area contributed by atoms with Gasteiger partial charge in [-0.25, -0.2) is 9.78 Å². The summed E-state index contributed by atoms with van der Waals surface area (Å²) in [6, 6.07) is 20.4. The molecule has 1 N–H and O–H groups in total. The monoisotopic (exact) mass is 374 g/mol. The number of rotatable bonds is 7. The van der Waals surface area contributed by atoms with E-state index in [0.717, 1.165) is 11.3 Å². The molecule has 0 saturated heterocycles. The fourth-order valence-corrected chi connectivity index (χ4v) is 2.71. The Balaban J connectivity index is 1.40. The number of esters is 1. The molecule has 0 atom stereocenters. The summed E-state index contributed by atoms with van der Waals surface area (Å²) >= 11 is 0. The van der Waals surface area contributed by atoms with Crippen LogP contribution in [-0.2, 0) is 17.9 Å². The summed E-state index contributed by atoms with van der Waals surface area (Å²) in [6.07, 6.45) is 3.11. The molecule has 0 unspecified atom stereocenters. The summed E-state index contributed by atoms with van der Waals surface area (Å²) < 4.78 is 16.2. The molecule has 6 heteroatoms. The zero-order chi connectivity index (χ0) is 19.2. The van der Waals surface area contributed by atoms with Crippen molar-refractivity contribution in [3.8, 4) is 11.5 Å². The van der Waals surface area contributed by atoms with Gasteiger partial charge in [-0.3, -0.25) is 0 Å². The van der Waals surface area contributed by atoms with Gasteiger partial charge >= 0.3 is 5.97 Å². The van der Waals surface area contributed by atoms with Gasteiger partial charge in [0.15, 0.2) is 0 Å². The van der Waals surface area contributed by atoms with Crippen molar-refractivity contribution >= 4 is 11.7 Å². The zero-order valence-electron chi connectivity index (χ0n) is 15.0. The summed E-state index contributed by atoms with van der Waals surface area (Å²) in [5, 5.41) is 3.19. The molecule has 0 aliphatic carbocycles. The molecule has 0 aliphatic heterocycles. The number of hydrogen-bond donors (Lipinski definition) is 1. The number of benzene rings is 2. The summed E-state index contributed by atoms with van der Waals surface area (Å²) in [4.78, 5) is 16.9. The molecule has 28 heavy (non-hydrogen) atoms. The van der Waals surface area contributed by atoms with Crippen LogP contribution in [0.5, 0.6) is 0 Å². The Bertz CT molecular complexity index is 1040. The van der Waals surface area contributed by atoms with Crippen LogP contribution in [0.4, 0.5) is 5.69 Å². The van der Waals surface area contributed by atoms with E-state index in [1.165, 1.54) is 6.26 Å². The third kappa shape index (κ3) is 4.12. The molecule has 4 aromatic rings. The van der Waals surface area contributed by atoms with Crippen molar-refractivity contribution in [2.24, 2.45) is 0 Å². The van der Waals surface area contributed by atoms with Gasteiger partial charge in [0.05, 0.1) is 18.4 Å². The van der Waals surface area contributed by atoms with Gasteiger partial charge in [-0.1, -0.05) is 30.3 Å². The van der Waals surface area contributed by atoms with E-state index in [9.17, 15) is 4.79 Å². The number of carbonyl (C=O) groups excluding carboxylic acids is 1. The number of anilines is 1. The van der Waals surface area contributed by atoms with Gasteiger partial charge in [0.2, 0.25) is 5.89 Å². The fraction of sp³-hybridized carbons (Fsp3) is 0.0909. The molecule has 6 nitrogen and oxygen atoms in total. The second kappa shape index (κ2) is 8.26. The van der Waals surface area contributed by atoms with E-state index in [1.54, 1.807) is 18.4 Å². The first-order valence-electron chi connectivity index (χ1n) is 8.82. The lowest BCUT2D eigenvalue weighted by molar-refractivity contribution is 0.0469. The molecule has 0 bridgehead atoms. The third-order valence-electron chi connectivity index (χ3n) is 4.10. The molecule has 140 valence electrons. The summed E-state index contributed by atoms with van der Waals surface area (Å²) in [5.74, 6) is 0.832. The highest BCUT2D eigenvalue weighted by Gasteiger charge is 2.14. The molecule has 2 aromatic heterocycles. The standard InChI is InChI=1S/C22H18N2O4/c25-22(19-10-4-5-11-20(19)23-13-18-9-6-12-26-18)28-15-17-14-27-21(24-17)16-7-2-1-3-8-16/h1-12,14,23H,13,15H2. The van der Waals surface area contributed by atoms with Crippen molar-refractivity contribution in [3.63, 3.8) is 0 Å². The molecule has 0 aliphatic rings. The van der Waals surface area contributed by atoms with E-state index < -0.39 is 5.97 Å². The molecule has 0 amide bonds. The summed E-state index contributed by atoms with van der Waals surface area (Å²) in [7, 11) is 0. The Morgan fingerprint density at radius 3 is 2.61 bits per heavy atom. The molecule has 0 saturated carbocycles. The van der Waals surface area contributed by atoms with E-state index in [0.29, 0.717) is 29.4 Å². The van der Waals surface area contributed by atoms with Crippen molar-refractivity contribution in [1.29, 1.82) is 0 Å². The highest BCUT2D eigenvalue weighted by atomic mass is 16.5. The van der Waals surface area contributed by atoms with Gasteiger partial charge in [-0.15, -0.1) is 0 Å². The molecule has 2 heterocycles. The minimum Gasteiger partial charge on any atom is -0.467 e. The highest BCUT2D eigenvalue weighted by Crippen LogP contribution is 2.20. The van der Waals surface area contributed by atoms with Crippen LogP contribution in [0.25, 0.3) is 11.5 Å². The number of para-hydroxylation sites is 1. The molecule has 0 radical (unpaired) electrons. The molecular weight excluding hydrogens is 356 g/mol. The minimum atomic E-state index is -0.438. The Labute approximate surface area is 161 Å². The van der Waals surface area contributed by atoms with Crippen molar-refractivity contribution in [2.45, 2.75) is 13.2 Å². The van der Waals surface area contributed by atoms with Crippen LogP contribution in [0, 0.1) is 0 Å². The van der Waals surface area contributed by atoms with E-state index in [2.05, 4.69) is 10.3 Å². The van der Waals surface area contributed by atoms with E-state index in [-0.39, 0.29) is 6.61 Å². The first-order chi connectivity index (χ1) is 13.8. The predicted molar refractivity (Wildman–Crippen MR) is 104 cm³/mol. The quantitative estimate of drug-likeness (QED) is 0.464. The average Bonchev–Trinajstić information content (AvgIpc) is 3.43. The van der Waals surface area contributed by atoms with Gasteiger partial charge in [-0.05, 0) is 36.4 Å². The van der Waals surface area contributed by atoms with Crippen LogP contribution < -0.4 is 5.32 Å². The first kappa shape index (κ1) is 17.6. The number of carbonyl (C=O) groups is 1. The number of hydrogen-bond acceptors (Lipinski definition) is 6. The second-order valence-corrected chi connectivity index (χ2v) is 6.06. The Morgan fingerprint density at radius 2 is 1.79 bits per heavy atom. The zero-order valence-corrected chi connectivity index (χ0v) is 15.0. The van der Waals surface area contributed by atoms with Crippen LogP contribution >= 0.6 is 0 Å². The third-order valence-corrected chi connectivity index (χ3v) is 4.10. The predicted octanol–water partition coefficient (Wildman–Crippen LogP) is 4.90. The average molecular weight is 374 g/mol. The van der Waals surface area contributed by atoms with E-state index in [1.807, 2.05) is 54.6 Å². The number of ether oxygens (including phenoxy) is 1. The lowest BCUT2D eigenvalue weighted by Gasteiger charge is -2.10. The largest absolute Gasteiger partial charge is 0.467 e. The SMILES string of the molecule is O=C(OCc1coc(-c2ccccc2)n1)c1ccccc1NCc1ccco1. The highest BCUT2D eigenvalue weighted by molar-refractivity contribution is 5.95. The van der Waals surface area contributed by atoms with Crippen LogP contribution in [0.2, 0.25) is 0 Å². The van der Waals surface area contributed by atoms with Crippen molar-refractivity contribution in [3.05, 3.63) is 96.3 Å². The Hall–Kier alpha value is -3.80. The molecule has 0 spiro atoms. The lowest BCUT2D eigenvalue weighted by atomic mass is 10.2. The van der Waals surface area contributed by atoms with Gasteiger partial charge in [-0.2, -0.15) is 0 Å². The maximum absolute atomic E-state index is 12.5. The normalized spacial score (nSPS) is 10.6. The number of nitrogens with one attached hydrogen (secondary N) is 1. The van der Waals surface area contributed by atoms with Gasteiger partial charge < -0.3 is 18.9 Å². The van der Waals surface area contributed by atoms with Crippen LogP contribution in [-0.4, -0.2) is 11.0 Å². The molecule has 0 fully saturated rings.